The molecule has 0 radical (unpaired) electrons. The van der Waals surface area contributed by atoms with E-state index in [4.69, 9.17) is 0 Å². The molecule has 1 aromatic rings. The normalized spacial score (nSPS) is 14.6. The molecule has 1 aliphatic heterocycles. The lowest BCUT2D eigenvalue weighted by Gasteiger charge is -2.32. The fraction of sp³-hybridized carbons (Fsp3) is 0.375. The van der Waals surface area contributed by atoms with Gasteiger partial charge in [-0.1, -0.05) is 6.07 Å². The maximum atomic E-state index is 12.1. The van der Waals surface area contributed by atoms with Crippen molar-refractivity contribution in [1.29, 1.82) is 0 Å². The molecule has 0 saturated carbocycles. The highest BCUT2D eigenvalue weighted by molar-refractivity contribution is 6.35. The molecule has 2 rings (SSSR count). The van der Waals surface area contributed by atoms with Gasteiger partial charge in [0.2, 0.25) is 11.8 Å². The highest BCUT2D eigenvalue weighted by Gasteiger charge is 2.32. The quantitative estimate of drug-likeness (QED) is 0.756. The van der Waals surface area contributed by atoms with Gasteiger partial charge in [0.05, 0.1) is 0 Å². The minimum absolute atomic E-state index is 0.188. The zero-order chi connectivity index (χ0) is 17.7. The number of anilines is 2. The molecule has 1 aliphatic rings. The number of likely N-dealkylation sites (N-methyl/N-ethyl adjacent to an activating group) is 1. The summed E-state index contributed by atoms with van der Waals surface area (Å²) in [5.74, 6) is -1.85. The van der Waals surface area contributed by atoms with Crippen LogP contribution in [0.3, 0.4) is 0 Å². The van der Waals surface area contributed by atoms with Crippen molar-refractivity contribution < 1.29 is 19.2 Å². The van der Waals surface area contributed by atoms with Gasteiger partial charge in [0.25, 0.3) is 0 Å². The standard InChI is InChI=1S/C16H20N4O4/c1-3-19-7-8-20(16(24)15(19)23)10-14(22)18-13-6-4-5-12(9-13)17-11(2)21/h4-6,9H,3,7-8,10H2,1-2H3,(H,17,21)(H,18,22). The Balaban J connectivity index is 1.95. The van der Waals surface area contributed by atoms with Crippen LogP contribution in [0.25, 0.3) is 0 Å². The molecule has 2 N–H and O–H groups in total. The summed E-state index contributed by atoms with van der Waals surface area (Å²) in [7, 11) is 0. The fourth-order valence-corrected chi connectivity index (χ4v) is 2.42. The summed E-state index contributed by atoms with van der Waals surface area (Å²) in [5.41, 5.74) is 1.06. The number of carbonyl (C=O) groups is 4. The first-order valence-corrected chi connectivity index (χ1v) is 7.66. The zero-order valence-corrected chi connectivity index (χ0v) is 13.7. The molecule has 8 nitrogen and oxygen atoms in total. The number of hydrogen-bond acceptors (Lipinski definition) is 4. The van der Waals surface area contributed by atoms with E-state index in [0.29, 0.717) is 31.0 Å². The Labute approximate surface area is 139 Å². The molecule has 1 heterocycles. The van der Waals surface area contributed by atoms with Crippen molar-refractivity contribution in [1.82, 2.24) is 9.80 Å². The summed E-state index contributed by atoms with van der Waals surface area (Å²) in [6.45, 7) is 4.23. The number of amides is 4. The van der Waals surface area contributed by atoms with Crippen LogP contribution in [0.1, 0.15) is 13.8 Å². The molecule has 128 valence electrons. The van der Waals surface area contributed by atoms with Gasteiger partial charge in [-0.15, -0.1) is 0 Å². The average Bonchev–Trinajstić information content (AvgIpc) is 2.52. The number of nitrogens with zero attached hydrogens (tertiary/aromatic N) is 2. The van der Waals surface area contributed by atoms with Crippen LogP contribution in [0, 0.1) is 0 Å². The minimum Gasteiger partial charge on any atom is -0.333 e. The van der Waals surface area contributed by atoms with Crippen molar-refractivity contribution in [3.63, 3.8) is 0 Å². The number of carbonyl (C=O) groups excluding carboxylic acids is 4. The predicted octanol–water partition coefficient (Wildman–Crippen LogP) is 0.274. The summed E-state index contributed by atoms with van der Waals surface area (Å²) in [4.78, 5) is 49.6. The molecule has 1 saturated heterocycles. The Morgan fingerprint density at radius 3 is 2.25 bits per heavy atom. The van der Waals surface area contributed by atoms with Gasteiger partial charge in [0.1, 0.15) is 6.54 Å². The Morgan fingerprint density at radius 1 is 1.04 bits per heavy atom. The molecule has 24 heavy (non-hydrogen) atoms. The van der Waals surface area contributed by atoms with Gasteiger partial charge in [0.15, 0.2) is 0 Å². The average molecular weight is 332 g/mol. The summed E-state index contributed by atoms with van der Waals surface area (Å²) in [6.07, 6.45) is 0. The van der Waals surface area contributed by atoms with Crippen molar-refractivity contribution in [3.05, 3.63) is 24.3 Å². The molecular weight excluding hydrogens is 312 g/mol. The van der Waals surface area contributed by atoms with Crippen LogP contribution < -0.4 is 10.6 Å². The van der Waals surface area contributed by atoms with Crippen molar-refractivity contribution in [3.8, 4) is 0 Å². The number of benzene rings is 1. The predicted molar refractivity (Wildman–Crippen MR) is 88.2 cm³/mol. The summed E-state index contributed by atoms with van der Waals surface area (Å²) >= 11 is 0. The molecule has 0 bridgehead atoms. The molecule has 4 amide bonds. The molecule has 8 heteroatoms. The Bertz CT molecular complexity index is 674. The SMILES string of the molecule is CCN1CCN(CC(=O)Nc2cccc(NC(C)=O)c2)C(=O)C1=O. The highest BCUT2D eigenvalue weighted by Crippen LogP contribution is 2.15. The van der Waals surface area contributed by atoms with Gasteiger partial charge < -0.3 is 20.4 Å². The monoisotopic (exact) mass is 332 g/mol. The zero-order valence-electron chi connectivity index (χ0n) is 13.7. The molecular formula is C16H20N4O4. The van der Waals surface area contributed by atoms with Crippen LogP contribution >= 0.6 is 0 Å². The first-order chi connectivity index (χ1) is 11.4. The van der Waals surface area contributed by atoms with Crippen molar-refractivity contribution in [2.75, 3.05) is 36.8 Å². The van der Waals surface area contributed by atoms with Crippen LogP contribution in [0.2, 0.25) is 0 Å². The number of piperazine rings is 1. The van der Waals surface area contributed by atoms with E-state index in [1.807, 2.05) is 0 Å². The van der Waals surface area contributed by atoms with Crippen molar-refractivity contribution in [2.45, 2.75) is 13.8 Å². The molecule has 0 aromatic heterocycles. The molecule has 0 unspecified atom stereocenters. The van der Waals surface area contributed by atoms with Crippen LogP contribution in [0.15, 0.2) is 24.3 Å². The molecule has 0 spiro atoms. The van der Waals surface area contributed by atoms with E-state index >= 15 is 0 Å². The third-order valence-corrected chi connectivity index (χ3v) is 3.58. The molecule has 1 aromatic carbocycles. The summed E-state index contributed by atoms with van der Waals surface area (Å²) < 4.78 is 0. The maximum Gasteiger partial charge on any atom is 0.312 e. The van der Waals surface area contributed by atoms with E-state index in [2.05, 4.69) is 10.6 Å². The van der Waals surface area contributed by atoms with Crippen molar-refractivity contribution in [2.24, 2.45) is 0 Å². The topological polar surface area (TPSA) is 98.8 Å². The van der Waals surface area contributed by atoms with E-state index in [0.717, 1.165) is 0 Å². The number of rotatable bonds is 5. The summed E-state index contributed by atoms with van der Waals surface area (Å²) in [5, 5.41) is 5.27. The smallest absolute Gasteiger partial charge is 0.312 e. The van der Waals surface area contributed by atoms with Crippen LogP contribution in [-0.4, -0.2) is 59.6 Å². The van der Waals surface area contributed by atoms with Gasteiger partial charge in [-0.3, -0.25) is 19.2 Å². The van der Waals surface area contributed by atoms with E-state index in [-0.39, 0.29) is 12.5 Å². The lowest BCUT2D eigenvalue weighted by molar-refractivity contribution is -0.156. The third-order valence-electron chi connectivity index (χ3n) is 3.58. The van der Waals surface area contributed by atoms with Crippen LogP contribution in [0.5, 0.6) is 0 Å². The van der Waals surface area contributed by atoms with Crippen LogP contribution in [-0.2, 0) is 19.2 Å². The second-order valence-corrected chi connectivity index (χ2v) is 5.42. The van der Waals surface area contributed by atoms with Gasteiger partial charge in [-0.05, 0) is 25.1 Å². The van der Waals surface area contributed by atoms with Gasteiger partial charge in [-0.2, -0.15) is 0 Å². The second kappa shape index (κ2) is 7.58. The Morgan fingerprint density at radius 2 is 1.62 bits per heavy atom. The third kappa shape index (κ3) is 4.31. The van der Waals surface area contributed by atoms with Crippen LogP contribution in [0.4, 0.5) is 11.4 Å². The Hall–Kier alpha value is -2.90. The van der Waals surface area contributed by atoms with E-state index in [9.17, 15) is 19.2 Å². The van der Waals surface area contributed by atoms with E-state index < -0.39 is 17.7 Å². The number of hydrogen-bond donors (Lipinski definition) is 2. The first-order valence-electron chi connectivity index (χ1n) is 7.66. The maximum absolute atomic E-state index is 12.1. The van der Waals surface area contributed by atoms with E-state index in [1.165, 1.54) is 16.7 Å². The Kier molecular flexibility index (Phi) is 5.51. The lowest BCUT2D eigenvalue weighted by Crippen LogP contribution is -2.55. The molecule has 0 atom stereocenters. The first kappa shape index (κ1) is 17.5. The largest absolute Gasteiger partial charge is 0.333 e. The van der Waals surface area contributed by atoms with Gasteiger partial charge in [-0.25, -0.2) is 0 Å². The minimum atomic E-state index is -0.662. The lowest BCUT2D eigenvalue weighted by atomic mass is 10.2. The van der Waals surface area contributed by atoms with Gasteiger partial charge >= 0.3 is 11.8 Å². The van der Waals surface area contributed by atoms with Gasteiger partial charge in [0, 0.05) is 37.9 Å². The van der Waals surface area contributed by atoms with E-state index in [1.54, 1.807) is 31.2 Å². The fourth-order valence-electron chi connectivity index (χ4n) is 2.42. The second-order valence-electron chi connectivity index (χ2n) is 5.42. The molecule has 0 aliphatic carbocycles. The highest BCUT2D eigenvalue weighted by atomic mass is 16.2. The number of nitrogens with one attached hydrogen (secondary N) is 2. The summed E-state index contributed by atoms with van der Waals surface area (Å²) in [6, 6.07) is 6.67. The van der Waals surface area contributed by atoms with Crippen molar-refractivity contribution >= 4 is 35.0 Å². The molecule has 1 fully saturated rings.